The van der Waals surface area contributed by atoms with Crippen LogP contribution in [0.4, 0.5) is 5.69 Å². The maximum atomic E-state index is 12.2. The van der Waals surface area contributed by atoms with Crippen molar-refractivity contribution in [2.75, 3.05) is 5.32 Å². The average molecular weight is 254 g/mol. The minimum absolute atomic E-state index is 0.150. The molecule has 0 radical (unpaired) electrons. The monoisotopic (exact) mass is 254 g/mol. The van der Waals surface area contributed by atoms with Crippen LogP contribution in [-0.4, -0.2) is 10.9 Å². The van der Waals surface area contributed by atoms with Crippen LogP contribution < -0.4 is 5.32 Å². The summed E-state index contributed by atoms with van der Waals surface area (Å²) in [5, 5.41) is 4.06. The van der Waals surface area contributed by atoms with E-state index in [2.05, 4.69) is 10.3 Å². The number of aromatic nitrogens is 1. The molecule has 0 aliphatic heterocycles. The number of nitrogens with one attached hydrogen (secondary N) is 1. The Hall–Kier alpha value is -1.90. The topological polar surface area (TPSA) is 42.0 Å². The van der Waals surface area contributed by atoms with E-state index in [1.165, 1.54) is 19.3 Å². The molecule has 3 heteroatoms. The van der Waals surface area contributed by atoms with Crippen molar-refractivity contribution in [2.24, 2.45) is 5.92 Å². The van der Waals surface area contributed by atoms with Gasteiger partial charge in [-0.25, -0.2) is 0 Å². The first kappa shape index (κ1) is 12.2. The highest BCUT2D eigenvalue weighted by atomic mass is 16.1. The SMILES string of the molecule is O=C(Nc1cnc2ccccc2c1)C1CCCCC1. The minimum Gasteiger partial charge on any atom is -0.324 e. The Bertz CT molecular complexity index is 588. The number of carbonyl (C=O) groups is 1. The van der Waals surface area contributed by atoms with Crippen LogP contribution >= 0.6 is 0 Å². The number of anilines is 1. The van der Waals surface area contributed by atoms with E-state index in [9.17, 15) is 4.79 Å². The molecule has 0 atom stereocenters. The third-order valence-electron chi connectivity index (χ3n) is 3.83. The lowest BCUT2D eigenvalue weighted by atomic mass is 9.88. The van der Waals surface area contributed by atoms with Crippen LogP contribution in [0.25, 0.3) is 10.9 Å². The lowest BCUT2D eigenvalue weighted by Gasteiger charge is -2.20. The molecule has 0 bridgehead atoms. The zero-order valence-corrected chi connectivity index (χ0v) is 10.9. The van der Waals surface area contributed by atoms with Crippen molar-refractivity contribution < 1.29 is 4.79 Å². The summed E-state index contributed by atoms with van der Waals surface area (Å²) < 4.78 is 0. The van der Waals surface area contributed by atoms with E-state index in [-0.39, 0.29) is 11.8 Å². The fourth-order valence-corrected chi connectivity index (χ4v) is 2.75. The highest BCUT2D eigenvalue weighted by molar-refractivity contribution is 5.94. The second kappa shape index (κ2) is 5.39. The van der Waals surface area contributed by atoms with Gasteiger partial charge in [-0.15, -0.1) is 0 Å². The van der Waals surface area contributed by atoms with Crippen molar-refractivity contribution >= 4 is 22.5 Å². The second-order valence-corrected chi connectivity index (χ2v) is 5.24. The van der Waals surface area contributed by atoms with E-state index in [4.69, 9.17) is 0 Å². The van der Waals surface area contributed by atoms with Crippen molar-refractivity contribution in [2.45, 2.75) is 32.1 Å². The first-order valence-corrected chi connectivity index (χ1v) is 6.98. The summed E-state index contributed by atoms with van der Waals surface area (Å²) in [7, 11) is 0. The normalized spacial score (nSPS) is 16.4. The van der Waals surface area contributed by atoms with Crippen molar-refractivity contribution in [3.05, 3.63) is 36.5 Å². The number of benzene rings is 1. The molecule has 0 spiro atoms. The Morgan fingerprint density at radius 1 is 1.16 bits per heavy atom. The van der Waals surface area contributed by atoms with Gasteiger partial charge in [0, 0.05) is 11.3 Å². The number of fused-ring (bicyclic) bond motifs is 1. The number of pyridine rings is 1. The lowest BCUT2D eigenvalue weighted by Crippen LogP contribution is -2.24. The van der Waals surface area contributed by atoms with Gasteiger partial charge in [-0.1, -0.05) is 37.5 Å². The van der Waals surface area contributed by atoms with Gasteiger partial charge in [0.1, 0.15) is 0 Å². The molecule has 1 aliphatic rings. The fourth-order valence-electron chi connectivity index (χ4n) is 2.75. The van der Waals surface area contributed by atoms with Gasteiger partial charge in [-0.3, -0.25) is 9.78 Å². The number of rotatable bonds is 2. The molecule has 2 aromatic rings. The summed E-state index contributed by atoms with van der Waals surface area (Å²) in [5.74, 6) is 0.331. The molecule has 0 unspecified atom stereocenters. The average Bonchev–Trinajstić information content (AvgIpc) is 2.48. The second-order valence-electron chi connectivity index (χ2n) is 5.24. The van der Waals surface area contributed by atoms with Crippen molar-refractivity contribution in [1.82, 2.24) is 4.98 Å². The zero-order valence-electron chi connectivity index (χ0n) is 10.9. The molecule has 1 saturated carbocycles. The highest BCUT2D eigenvalue weighted by Gasteiger charge is 2.21. The molecule has 1 amide bonds. The number of hydrogen-bond acceptors (Lipinski definition) is 2. The van der Waals surface area contributed by atoms with Crippen LogP contribution in [0.1, 0.15) is 32.1 Å². The standard InChI is InChI=1S/C16H18N2O/c19-16(12-6-2-1-3-7-12)18-14-10-13-8-4-5-9-15(13)17-11-14/h4-5,8-12H,1-3,6-7H2,(H,18,19). The van der Waals surface area contributed by atoms with Gasteiger partial charge in [0.05, 0.1) is 17.4 Å². The fraction of sp³-hybridized carbons (Fsp3) is 0.375. The zero-order chi connectivity index (χ0) is 13.1. The molecule has 1 N–H and O–H groups in total. The van der Waals surface area contributed by atoms with Crippen LogP contribution in [-0.2, 0) is 4.79 Å². The molecule has 3 rings (SSSR count). The lowest BCUT2D eigenvalue weighted by molar-refractivity contribution is -0.120. The molecule has 3 nitrogen and oxygen atoms in total. The molecular weight excluding hydrogens is 236 g/mol. The van der Waals surface area contributed by atoms with Crippen LogP contribution in [0.3, 0.4) is 0 Å². The molecule has 1 aromatic heterocycles. The number of amides is 1. The van der Waals surface area contributed by atoms with Crippen molar-refractivity contribution in [3.63, 3.8) is 0 Å². The van der Waals surface area contributed by atoms with Gasteiger partial charge in [0.15, 0.2) is 0 Å². The van der Waals surface area contributed by atoms with E-state index < -0.39 is 0 Å². The van der Waals surface area contributed by atoms with E-state index in [0.717, 1.165) is 29.4 Å². The maximum absolute atomic E-state index is 12.2. The predicted octanol–water partition coefficient (Wildman–Crippen LogP) is 3.75. The Morgan fingerprint density at radius 3 is 2.79 bits per heavy atom. The largest absolute Gasteiger partial charge is 0.324 e. The number of nitrogens with zero attached hydrogens (tertiary/aromatic N) is 1. The van der Waals surface area contributed by atoms with Crippen molar-refractivity contribution in [3.8, 4) is 0 Å². The molecular formula is C16H18N2O. The van der Waals surface area contributed by atoms with E-state index in [1.807, 2.05) is 30.3 Å². The minimum atomic E-state index is 0.150. The summed E-state index contributed by atoms with van der Waals surface area (Å²) in [4.78, 5) is 16.5. The summed E-state index contributed by atoms with van der Waals surface area (Å²) in [5.41, 5.74) is 1.76. The molecule has 1 heterocycles. The number of hydrogen-bond donors (Lipinski definition) is 1. The first-order chi connectivity index (χ1) is 9.33. The third-order valence-corrected chi connectivity index (χ3v) is 3.83. The summed E-state index contributed by atoms with van der Waals surface area (Å²) in [6.45, 7) is 0. The molecule has 1 fully saturated rings. The third kappa shape index (κ3) is 2.75. The highest BCUT2D eigenvalue weighted by Crippen LogP contribution is 2.25. The van der Waals surface area contributed by atoms with Gasteiger partial charge in [-0.2, -0.15) is 0 Å². The van der Waals surface area contributed by atoms with Crippen LogP contribution in [0, 0.1) is 5.92 Å². The van der Waals surface area contributed by atoms with Crippen LogP contribution in [0.5, 0.6) is 0 Å². The molecule has 98 valence electrons. The summed E-state index contributed by atoms with van der Waals surface area (Å²) in [6.07, 6.45) is 7.40. The van der Waals surface area contributed by atoms with E-state index in [0.29, 0.717) is 0 Å². The van der Waals surface area contributed by atoms with Crippen LogP contribution in [0.15, 0.2) is 36.5 Å². The molecule has 1 aliphatic carbocycles. The quantitative estimate of drug-likeness (QED) is 0.886. The maximum Gasteiger partial charge on any atom is 0.227 e. The van der Waals surface area contributed by atoms with Gasteiger partial charge in [-0.05, 0) is 25.0 Å². The van der Waals surface area contributed by atoms with Gasteiger partial charge >= 0.3 is 0 Å². The Balaban J connectivity index is 1.75. The van der Waals surface area contributed by atoms with Gasteiger partial charge < -0.3 is 5.32 Å². The first-order valence-electron chi connectivity index (χ1n) is 6.98. The molecule has 1 aromatic carbocycles. The van der Waals surface area contributed by atoms with E-state index in [1.54, 1.807) is 6.20 Å². The Morgan fingerprint density at radius 2 is 1.95 bits per heavy atom. The van der Waals surface area contributed by atoms with Crippen LogP contribution in [0.2, 0.25) is 0 Å². The van der Waals surface area contributed by atoms with E-state index >= 15 is 0 Å². The van der Waals surface area contributed by atoms with Gasteiger partial charge in [0.2, 0.25) is 5.91 Å². The smallest absolute Gasteiger partial charge is 0.227 e. The Labute approximate surface area is 113 Å². The Kier molecular flexibility index (Phi) is 3.45. The number of para-hydroxylation sites is 1. The predicted molar refractivity (Wildman–Crippen MR) is 76.9 cm³/mol. The molecule has 0 saturated heterocycles. The summed E-state index contributed by atoms with van der Waals surface area (Å²) in [6, 6.07) is 9.93. The summed E-state index contributed by atoms with van der Waals surface area (Å²) >= 11 is 0. The van der Waals surface area contributed by atoms with Gasteiger partial charge in [0.25, 0.3) is 0 Å². The number of carbonyl (C=O) groups excluding carboxylic acids is 1. The molecule has 19 heavy (non-hydrogen) atoms. The van der Waals surface area contributed by atoms with Crippen molar-refractivity contribution in [1.29, 1.82) is 0 Å².